The summed E-state index contributed by atoms with van der Waals surface area (Å²) in [6.45, 7) is 0.217. The fraction of sp³-hybridized carbons (Fsp3) is 0.455. The Balaban J connectivity index is 2.21. The summed E-state index contributed by atoms with van der Waals surface area (Å²) in [5, 5.41) is 20.2. The van der Waals surface area contributed by atoms with Gasteiger partial charge in [0.25, 0.3) is 0 Å². The number of hydrogen-bond donors (Lipinski definition) is 2. The highest BCUT2D eigenvalue weighted by atomic mass is 32.1. The maximum Gasteiger partial charge on any atom is 0.305 e. The van der Waals surface area contributed by atoms with Crippen LogP contribution in [0.5, 0.6) is 0 Å². The second-order valence-corrected chi connectivity index (χ2v) is 5.01. The van der Waals surface area contributed by atoms with Crippen LogP contribution in [0, 0.1) is 0 Å². The summed E-state index contributed by atoms with van der Waals surface area (Å²) in [6, 6.07) is 3.18. The van der Waals surface area contributed by atoms with Crippen LogP contribution >= 0.6 is 11.3 Å². The number of carboxylic acids is 1. The van der Waals surface area contributed by atoms with Crippen molar-refractivity contribution in [1.82, 2.24) is 4.90 Å². The minimum Gasteiger partial charge on any atom is -0.481 e. The third kappa shape index (κ3) is 2.65. The van der Waals surface area contributed by atoms with E-state index in [9.17, 15) is 14.7 Å². The molecule has 0 radical (unpaired) electrons. The van der Waals surface area contributed by atoms with Crippen molar-refractivity contribution in [3.05, 3.63) is 22.4 Å². The van der Waals surface area contributed by atoms with Gasteiger partial charge in [-0.2, -0.15) is 0 Å². The van der Waals surface area contributed by atoms with Gasteiger partial charge in [-0.3, -0.25) is 9.59 Å². The average molecular weight is 255 g/mol. The summed E-state index contributed by atoms with van der Waals surface area (Å²) in [6.07, 6.45) is -0.723. The first kappa shape index (κ1) is 12.1. The molecule has 1 amide bonds. The van der Waals surface area contributed by atoms with Gasteiger partial charge in [0.05, 0.1) is 25.0 Å². The van der Waals surface area contributed by atoms with E-state index in [1.165, 1.54) is 16.2 Å². The number of aliphatic carboxylic acids is 1. The van der Waals surface area contributed by atoms with Gasteiger partial charge < -0.3 is 15.1 Å². The van der Waals surface area contributed by atoms with Gasteiger partial charge in [0.15, 0.2) is 0 Å². The van der Waals surface area contributed by atoms with Crippen molar-refractivity contribution in [2.24, 2.45) is 0 Å². The van der Waals surface area contributed by atoms with Gasteiger partial charge >= 0.3 is 5.97 Å². The zero-order valence-electron chi connectivity index (χ0n) is 9.07. The highest BCUT2D eigenvalue weighted by Gasteiger charge is 2.35. The number of likely N-dealkylation sites (tertiary alicyclic amines) is 1. The van der Waals surface area contributed by atoms with E-state index < -0.39 is 18.1 Å². The molecular formula is C11H13NO4S. The molecule has 1 fully saturated rings. The highest BCUT2D eigenvalue weighted by molar-refractivity contribution is 7.10. The first-order valence-corrected chi connectivity index (χ1v) is 6.18. The summed E-state index contributed by atoms with van der Waals surface area (Å²) in [7, 11) is 0. The summed E-state index contributed by atoms with van der Waals surface area (Å²) in [5.74, 6) is -1.13. The molecule has 0 spiro atoms. The summed E-state index contributed by atoms with van der Waals surface area (Å²) >= 11 is 1.42. The maximum atomic E-state index is 11.7. The Hall–Kier alpha value is -1.40. The van der Waals surface area contributed by atoms with Crippen molar-refractivity contribution in [3.8, 4) is 0 Å². The lowest BCUT2D eigenvalue weighted by atomic mass is 10.1. The fourth-order valence-electron chi connectivity index (χ4n) is 2.02. The molecule has 1 aliphatic rings. The van der Waals surface area contributed by atoms with E-state index in [2.05, 4.69) is 0 Å². The molecule has 6 heteroatoms. The average Bonchev–Trinajstić information content (AvgIpc) is 2.84. The number of aliphatic hydroxyl groups is 1. The fourth-order valence-corrected chi connectivity index (χ4v) is 2.86. The van der Waals surface area contributed by atoms with Gasteiger partial charge in [-0.25, -0.2) is 0 Å². The van der Waals surface area contributed by atoms with E-state index in [1.54, 1.807) is 0 Å². The molecule has 2 N–H and O–H groups in total. The van der Waals surface area contributed by atoms with Crippen LogP contribution in [0.1, 0.15) is 23.8 Å². The summed E-state index contributed by atoms with van der Waals surface area (Å²) < 4.78 is 0. The molecule has 2 unspecified atom stereocenters. The topological polar surface area (TPSA) is 77.8 Å². The predicted molar refractivity (Wildman–Crippen MR) is 61.6 cm³/mol. The molecule has 2 rings (SSSR count). The van der Waals surface area contributed by atoms with E-state index in [1.807, 2.05) is 17.5 Å². The molecule has 92 valence electrons. The first-order chi connectivity index (χ1) is 8.08. The Kier molecular flexibility index (Phi) is 3.44. The lowest BCUT2D eigenvalue weighted by molar-refractivity contribution is -0.139. The van der Waals surface area contributed by atoms with Gasteiger partial charge in [-0.05, 0) is 11.4 Å². The zero-order valence-corrected chi connectivity index (χ0v) is 9.89. The molecule has 1 aromatic heterocycles. The number of thiophene rings is 1. The van der Waals surface area contributed by atoms with Crippen LogP contribution < -0.4 is 0 Å². The van der Waals surface area contributed by atoms with E-state index >= 15 is 0 Å². The standard InChI is InChI=1S/C11H13NO4S/c13-7-4-10(14)12(6-7)8(5-11(15)16)9-2-1-3-17-9/h1-3,7-8,13H,4-6H2,(H,15,16). The van der Waals surface area contributed by atoms with Crippen molar-refractivity contribution in [3.63, 3.8) is 0 Å². The highest BCUT2D eigenvalue weighted by Crippen LogP contribution is 2.31. The minimum atomic E-state index is -0.947. The predicted octanol–water partition coefficient (Wildman–Crippen LogP) is 0.857. The van der Waals surface area contributed by atoms with Crippen LogP contribution in [0.3, 0.4) is 0 Å². The Morgan fingerprint density at radius 3 is 2.88 bits per heavy atom. The van der Waals surface area contributed by atoms with Crippen LogP contribution in [-0.2, 0) is 9.59 Å². The third-order valence-electron chi connectivity index (χ3n) is 2.75. The second kappa shape index (κ2) is 4.85. The number of carbonyl (C=O) groups excluding carboxylic acids is 1. The Labute approximate surface area is 102 Å². The maximum absolute atomic E-state index is 11.7. The number of β-amino-alcohol motifs (C(OH)–C–C–N with tert-alkyl or cyclic N) is 1. The van der Waals surface area contributed by atoms with Crippen LogP contribution in [0.2, 0.25) is 0 Å². The normalized spacial score (nSPS) is 21.8. The van der Waals surface area contributed by atoms with Gasteiger partial charge in [0.2, 0.25) is 5.91 Å². The third-order valence-corrected chi connectivity index (χ3v) is 3.73. The molecule has 17 heavy (non-hydrogen) atoms. The quantitative estimate of drug-likeness (QED) is 0.836. The van der Waals surface area contributed by atoms with E-state index in [0.29, 0.717) is 0 Å². The molecular weight excluding hydrogens is 242 g/mol. The molecule has 1 aliphatic heterocycles. The van der Waals surface area contributed by atoms with Crippen molar-refractivity contribution in [2.75, 3.05) is 6.54 Å². The minimum absolute atomic E-state index is 0.0848. The molecule has 2 heterocycles. The van der Waals surface area contributed by atoms with Gasteiger partial charge in [0, 0.05) is 11.4 Å². The number of amides is 1. The lowest BCUT2D eigenvalue weighted by Crippen LogP contribution is -2.31. The Morgan fingerprint density at radius 1 is 1.65 bits per heavy atom. The molecule has 0 aliphatic carbocycles. The zero-order chi connectivity index (χ0) is 12.4. The van der Waals surface area contributed by atoms with E-state index in [4.69, 9.17) is 5.11 Å². The van der Waals surface area contributed by atoms with Gasteiger partial charge in [-0.15, -0.1) is 11.3 Å². The molecule has 2 atom stereocenters. The number of carboxylic acid groups (broad SMARTS) is 1. The molecule has 0 saturated carbocycles. The van der Waals surface area contributed by atoms with Gasteiger partial charge in [-0.1, -0.05) is 6.07 Å². The monoisotopic (exact) mass is 255 g/mol. The summed E-state index contributed by atoms with van der Waals surface area (Å²) in [4.78, 5) is 24.8. The second-order valence-electron chi connectivity index (χ2n) is 4.03. The van der Waals surface area contributed by atoms with E-state index in [-0.39, 0.29) is 25.3 Å². The number of aliphatic hydroxyl groups excluding tert-OH is 1. The molecule has 0 bridgehead atoms. The Bertz CT molecular complexity index is 417. The SMILES string of the molecule is O=C(O)CC(c1cccs1)N1CC(O)CC1=O. The number of rotatable bonds is 4. The Morgan fingerprint density at radius 2 is 2.41 bits per heavy atom. The van der Waals surface area contributed by atoms with Crippen LogP contribution in [0.15, 0.2) is 17.5 Å². The van der Waals surface area contributed by atoms with E-state index in [0.717, 1.165) is 4.88 Å². The van der Waals surface area contributed by atoms with Crippen LogP contribution in [0.4, 0.5) is 0 Å². The molecule has 0 aromatic carbocycles. The lowest BCUT2D eigenvalue weighted by Gasteiger charge is -2.25. The van der Waals surface area contributed by atoms with Gasteiger partial charge in [0.1, 0.15) is 0 Å². The first-order valence-electron chi connectivity index (χ1n) is 5.30. The summed E-state index contributed by atoms with van der Waals surface area (Å²) in [5.41, 5.74) is 0. The largest absolute Gasteiger partial charge is 0.481 e. The van der Waals surface area contributed by atoms with Crippen molar-refractivity contribution in [1.29, 1.82) is 0 Å². The smallest absolute Gasteiger partial charge is 0.305 e. The number of nitrogens with zero attached hydrogens (tertiary/aromatic N) is 1. The van der Waals surface area contributed by atoms with Crippen molar-refractivity contribution in [2.45, 2.75) is 25.0 Å². The van der Waals surface area contributed by atoms with Crippen LogP contribution in [0.25, 0.3) is 0 Å². The van der Waals surface area contributed by atoms with Crippen LogP contribution in [-0.4, -0.2) is 39.6 Å². The van der Waals surface area contributed by atoms with Crippen molar-refractivity contribution >= 4 is 23.2 Å². The molecule has 1 aromatic rings. The molecule has 1 saturated heterocycles. The number of hydrogen-bond acceptors (Lipinski definition) is 4. The number of carbonyl (C=O) groups is 2. The molecule has 5 nitrogen and oxygen atoms in total. The van der Waals surface area contributed by atoms with Crippen molar-refractivity contribution < 1.29 is 19.8 Å².